The van der Waals surface area contributed by atoms with Gasteiger partial charge in [-0.2, -0.15) is 0 Å². The molecule has 1 fully saturated rings. The van der Waals surface area contributed by atoms with Crippen LogP contribution in [0.15, 0.2) is 134 Å². The van der Waals surface area contributed by atoms with E-state index in [9.17, 15) is 0 Å². The third-order valence-corrected chi connectivity index (χ3v) is 13.2. The van der Waals surface area contributed by atoms with Crippen molar-refractivity contribution in [1.82, 2.24) is 4.98 Å². The van der Waals surface area contributed by atoms with Crippen LogP contribution in [-0.4, -0.2) is 31.4 Å². The van der Waals surface area contributed by atoms with Crippen molar-refractivity contribution in [3.63, 3.8) is 0 Å². The summed E-state index contributed by atoms with van der Waals surface area (Å²) in [4.78, 5) is 4.75. The Bertz CT molecular complexity index is 1480. The lowest BCUT2D eigenvalue weighted by Gasteiger charge is -2.35. The van der Waals surface area contributed by atoms with Crippen molar-refractivity contribution in [3.8, 4) is 11.3 Å². The van der Waals surface area contributed by atoms with E-state index in [1.54, 1.807) is 0 Å². The van der Waals surface area contributed by atoms with Crippen molar-refractivity contribution in [2.45, 2.75) is 38.9 Å². The van der Waals surface area contributed by atoms with Crippen LogP contribution in [0.5, 0.6) is 0 Å². The Morgan fingerprint density at radius 3 is 1.48 bits per heavy atom. The van der Waals surface area contributed by atoms with E-state index in [0.717, 1.165) is 16.7 Å². The Balaban J connectivity index is 1.69. The van der Waals surface area contributed by atoms with E-state index in [1.807, 2.05) is 18.3 Å². The molecule has 3 nitrogen and oxygen atoms in total. The fourth-order valence-electron chi connectivity index (χ4n) is 5.73. The Labute approximate surface area is 239 Å². The zero-order valence-corrected chi connectivity index (χ0v) is 24.5. The van der Waals surface area contributed by atoms with Crippen LogP contribution in [0.1, 0.15) is 27.7 Å². The smallest absolute Gasteiger partial charge is 0.399 e. The molecular formula is C35H34BNO2Si. The monoisotopic (exact) mass is 539 g/mol. The van der Waals surface area contributed by atoms with Gasteiger partial charge in [-0.1, -0.05) is 115 Å². The van der Waals surface area contributed by atoms with E-state index in [0.29, 0.717) is 0 Å². The molecule has 5 aromatic rings. The van der Waals surface area contributed by atoms with E-state index in [-0.39, 0.29) is 0 Å². The lowest BCUT2D eigenvalue weighted by molar-refractivity contribution is 0.00578. The van der Waals surface area contributed by atoms with Gasteiger partial charge in [-0.3, -0.25) is 4.98 Å². The zero-order valence-electron chi connectivity index (χ0n) is 23.5. The summed E-state index contributed by atoms with van der Waals surface area (Å²) >= 11 is 0. The average molecular weight is 540 g/mol. The molecule has 0 spiro atoms. The Kier molecular flexibility index (Phi) is 6.83. The summed E-state index contributed by atoms with van der Waals surface area (Å²) in [5.41, 5.74) is 2.12. The first-order chi connectivity index (χ1) is 19.3. The van der Waals surface area contributed by atoms with Crippen molar-refractivity contribution in [2.75, 3.05) is 0 Å². The minimum absolute atomic E-state index is 0.439. The van der Waals surface area contributed by atoms with E-state index < -0.39 is 26.4 Å². The van der Waals surface area contributed by atoms with Gasteiger partial charge >= 0.3 is 7.12 Å². The predicted octanol–water partition coefficient (Wildman–Crippen LogP) is 4.43. The third kappa shape index (κ3) is 4.54. The Morgan fingerprint density at radius 1 is 0.550 bits per heavy atom. The Hall–Kier alpha value is -3.77. The Morgan fingerprint density at radius 2 is 1.02 bits per heavy atom. The molecule has 0 radical (unpaired) electrons. The highest BCUT2D eigenvalue weighted by molar-refractivity contribution is 7.20. The molecule has 1 aliphatic rings. The second-order valence-electron chi connectivity index (χ2n) is 11.5. The second-order valence-corrected chi connectivity index (χ2v) is 15.3. The maximum absolute atomic E-state index is 6.60. The van der Waals surface area contributed by atoms with Gasteiger partial charge in [0.1, 0.15) is 0 Å². The maximum Gasteiger partial charge on any atom is 0.494 e. The van der Waals surface area contributed by atoms with Crippen LogP contribution in [0, 0.1) is 0 Å². The van der Waals surface area contributed by atoms with Gasteiger partial charge in [-0.15, -0.1) is 0 Å². The van der Waals surface area contributed by atoms with Gasteiger partial charge in [-0.25, -0.2) is 0 Å². The van der Waals surface area contributed by atoms with Crippen LogP contribution >= 0.6 is 0 Å². The van der Waals surface area contributed by atoms with E-state index in [1.165, 1.54) is 20.7 Å². The largest absolute Gasteiger partial charge is 0.494 e. The lowest BCUT2D eigenvalue weighted by atomic mass is 9.78. The van der Waals surface area contributed by atoms with Gasteiger partial charge in [0.2, 0.25) is 0 Å². The van der Waals surface area contributed by atoms with E-state index >= 15 is 0 Å². The number of benzene rings is 4. The van der Waals surface area contributed by atoms with Crippen molar-refractivity contribution in [3.05, 3.63) is 134 Å². The quantitative estimate of drug-likeness (QED) is 0.237. The fourth-order valence-corrected chi connectivity index (χ4v) is 10.6. The molecule has 0 saturated carbocycles. The molecule has 0 N–H and O–H groups in total. The average Bonchev–Trinajstić information content (AvgIpc) is 3.22. The molecule has 1 aromatic heterocycles. The number of pyridine rings is 1. The highest BCUT2D eigenvalue weighted by Crippen LogP contribution is 2.36. The first-order valence-corrected chi connectivity index (χ1v) is 15.9. The number of hydrogen-bond donors (Lipinski definition) is 0. The standard InChI is InChI=1S/C35H34BNO2Si/c1-34(2)35(3,4)39-36(38-34)28-24-27(33-22-14-15-23-37-33)25-32(26-28)40(29-16-8-5-9-17-29,30-18-10-6-11-19-30)31-20-12-7-13-21-31/h5-26H,1-4H3. The summed E-state index contributed by atoms with van der Waals surface area (Å²) in [6, 6.07) is 45.9. The first-order valence-electron chi connectivity index (χ1n) is 13.9. The van der Waals surface area contributed by atoms with Crippen molar-refractivity contribution in [2.24, 2.45) is 0 Å². The molecular weight excluding hydrogens is 505 g/mol. The molecule has 198 valence electrons. The third-order valence-electron chi connectivity index (χ3n) is 8.49. The SMILES string of the molecule is CC1(C)OB(c2cc(-c3ccccn3)cc([Si](c3ccccc3)(c3ccccc3)c3ccccc3)c2)OC1(C)C. The zero-order chi connectivity index (χ0) is 27.8. The molecule has 0 unspecified atom stereocenters. The molecule has 0 bridgehead atoms. The number of aromatic nitrogens is 1. The van der Waals surface area contributed by atoms with Crippen LogP contribution < -0.4 is 26.2 Å². The summed E-state index contributed by atoms with van der Waals surface area (Å²) in [5, 5.41) is 5.24. The van der Waals surface area contributed by atoms with Crippen LogP contribution in [0.3, 0.4) is 0 Å². The molecule has 0 atom stereocenters. The van der Waals surface area contributed by atoms with Crippen molar-refractivity contribution < 1.29 is 9.31 Å². The number of hydrogen-bond acceptors (Lipinski definition) is 3. The van der Waals surface area contributed by atoms with Gasteiger partial charge in [0.15, 0.2) is 8.07 Å². The predicted molar refractivity (Wildman–Crippen MR) is 169 cm³/mol. The normalized spacial score (nSPS) is 16.1. The summed E-state index contributed by atoms with van der Waals surface area (Å²) in [6.07, 6.45) is 1.85. The lowest BCUT2D eigenvalue weighted by Crippen LogP contribution is -2.75. The minimum Gasteiger partial charge on any atom is -0.399 e. The van der Waals surface area contributed by atoms with Gasteiger partial charge in [0, 0.05) is 6.20 Å². The topological polar surface area (TPSA) is 31.4 Å². The van der Waals surface area contributed by atoms with Gasteiger partial charge in [-0.05, 0) is 71.6 Å². The van der Waals surface area contributed by atoms with Crippen molar-refractivity contribution >= 4 is 41.4 Å². The molecule has 40 heavy (non-hydrogen) atoms. The molecule has 1 aliphatic heterocycles. The number of nitrogens with zero attached hydrogens (tertiary/aromatic N) is 1. The van der Waals surface area contributed by atoms with Gasteiger partial charge in [0.25, 0.3) is 0 Å². The molecule has 6 rings (SSSR count). The van der Waals surface area contributed by atoms with Crippen LogP contribution in [0.4, 0.5) is 0 Å². The molecule has 5 heteroatoms. The van der Waals surface area contributed by atoms with Crippen LogP contribution in [0.25, 0.3) is 11.3 Å². The minimum atomic E-state index is -2.76. The second kappa shape index (κ2) is 10.3. The molecule has 2 heterocycles. The van der Waals surface area contributed by atoms with Gasteiger partial charge < -0.3 is 9.31 Å². The fraction of sp³-hybridized carbons (Fsp3) is 0.171. The first kappa shape index (κ1) is 26.5. The maximum atomic E-state index is 6.60. The van der Waals surface area contributed by atoms with Crippen LogP contribution in [0.2, 0.25) is 0 Å². The number of rotatable bonds is 6. The summed E-state index contributed by atoms with van der Waals surface area (Å²) < 4.78 is 13.2. The van der Waals surface area contributed by atoms with Crippen molar-refractivity contribution in [1.29, 1.82) is 0 Å². The molecule has 0 aliphatic carbocycles. The van der Waals surface area contributed by atoms with E-state index in [2.05, 4.69) is 143 Å². The summed E-state index contributed by atoms with van der Waals surface area (Å²) in [5.74, 6) is 0. The molecule has 4 aromatic carbocycles. The van der Waals surface area contributed by atoms with Crippen LogP contribution in [-0.2, 0) is 9.31 Å². The van der Waals surface area contributed by atoms with Gasteiger partial charge in [0.05, 0.1) is 16.9 Å². The highest BCUT2D eigenvalue weighted by atomic mass is 28.3. The summed E-state index contributed by atoms with van der Waals surface area (Å²) in [7, 11) is -3.24. The van der Waals surface area contributed by atoms with E-state index in [4.69, 9.17) is 14.3 Å². The molecule has 1 saturated heterocycles. The summed E-state index contributed by atoms with van der Waals surface area (Å²) in [6.45, 7) is 8.42. The molecule has 0 amide bonds. The highest BCUT2D eigenvalue weighted by Gasteiger charge is 2.52.